The third kappa shape index (κ3) is 3.41. The molecular formula is C14H17Br2NO3. The Morgan fingerprint density at radius 1 is 1.15 bits per heavy atom. The van der Waals surface area contributed by atoms with Crippen LogP contribution >= 0.6 is 31.9 Å². The fourth-order valence-electron chi connectivity index (χ4n) is 1.45. The largest absolute Gasteiger partial charge is 0.481 e. The molecule has 1 rings (SSSR count). The van der Waals surface area contributed by atoms with E-state index in [4.69, 9.17) is 0 Å². The molecule has 0 saturated carbocycles. The van der Waals surface area contributed by atoms with Gasteiger partial charge in [-0.15, -0.1) is 0 Å². The zero-order valence-corrected chi connectivity index (χ0v) is 14.9. The van der Waals surface area contributed by atoms with Crippen molar-refractivity contribution in [1.82, 2.24) is 5.32 Å². The van der Waals surface area contributed by atoms with Crippen molar-refractivity contribution in [2.45, 2.75) is 33.2 Å². The number of hydrogen-bond acceptors (Lipinski definition) is 2. The van der Waals surface area contributed by atoms with Gasteiger partial charge in [-0.05, 0) is 61.8 Å². The summed E-state index contributed by atoms with van der Waals surface area (Å²) < 4.78 is 1.50. The highest BCUT2D eigenvalue weighted by atomic mass is 79.9. The second kappa shape index (κ2) is 5.85. The van der Waals surface area contributed by atoms with Gasteiger partial charge >= 0.3 is 5.97 Å². The van der Waals surface area contributed by atoms with Crippen LogP contribution in [-0.2, 0) is 4.79 Å². The first kappa shape index (κ1) is 17.2. The number of nitrogens with one attached hydrogen (secondary N) is 1. The molecular weight excluding hydrogens is 390 g/mol. The number of amides is 1. The van der Waals surface area contributed by atoms with Gasteiger partial charge in [-0.3, -0.25) is 9.59 Å². The third-order valence-corrected chi connectivity index (χ3v) is 4.85. The van der Waals surface area contributed by atoms with Gasteiger partial charge in [0.15, 0.2) is 0 Å². The minimum absolute atomic E-state index is 0.316. The van der Waals surface area contributed by atoms with E-state index in [-0.39, 0.29) is 5.91 Å². The highest BCUT2D eigenvalue weighted by Crippen LogP contribution is 2.31. The Hall–Kier alpha value is -0.880. The maximum absolute atomic E-state index is 12.3. The number of aliphatic carboxylic acids is 1. The minimum atomic E-state index is -1.09. The summed E-state index contributed by atoms with van der Waals surface area (Å²) in [6.45, 7) is 6.58. The molecule has 0 aliphatic heterocycles. The van der Waals surface area contributed by atoms with Crippen molar-refractivity contribution in [2.24, 2.45) is 5.41 Å². The Morgan fingerprint density at radius 2 is 1.70 bits per heavy atom. The van der Waals surface area contributed by atoms with Crippen LogP contribution in [-0.4, -0.2) is 22.5 Å². The maximum Gasteiger partial charge on any atom is 0.311 e. The van der Waals surface area contributed by atoms with Crippen molar-refractivity contribution in [3.8, 4) is 0 Å². The lowest BCUT2D eigenvalue weighted by atomic mass is 9.74. The first-order chi connectivity index (χ1) is 8.99. The standard InChI is InChI=1S/C14H17Br2NO3/c1-13(2,12(19)20)14(3,4)17-11(18)9-6-5-8(15)7-10(9)16/h5-7H,1-4H3,(H,17,18)(H,19,20). The van der Waals surface area contributed by atoms with Crippen LogP contribution in [0.5, 0.6) is 0 Å². The van der Waals surface area contributed by atoms with Crippen LogP contribution in [0.3, 0.4) is 0 Å². The lowest BCUT2D eigenvalue weighted by Gasteiger charge is -2.38. The van der Waals surface area contributed by atoms with Crippen molar-refractivity contribution in [2.75, 3.05) is 0 Å². The van der Waals surface area contributed by atoms with E-state index in [0.717, 1.165) is 4.47 Å². The van der Waals surface area contributed by atoms with Crippen LogP contribution in [0.4, 0.5) is 0 Å². The fraction of sp³-hybridized carbons (Fsp3) is 0.429. The van der Waals surface area contributed by atoms with Crippen molar-refractivity contribution >= 4 is 43.7 Å². The van der Waals surface area contributed by atoms with Crippen molar-refractivity contribution in [3.05, 3.63) is 32.7 Å². The van der Waals surface area contributed by atoms with Gasteiger partial charge < -0.3 is 10.4 Å². The number of benzene rings is 1. The number of carbonyl (C=O) groups is 2. The molecule has 0 atom stereocenters. The molecule has 110 valence electrons. The lowest BCUT2D eigenvalue weighted by Crippen LogP contribution is -2.57. The Kier molecular flexibility index (Phi) is 5.03. The SMILES string of the molecule is CC(C)(NC(=O)c1ccc(Br)cc1Br)C(C)(C)C(=O)O. The molecule has 1 amide bonds. The number of halogens is 2. The van der Waals surface area contributed by atoms with Gasteiger partial charge in [-0.2, -0.15) is 0 Å². The summed E-state index contributed by atoms with van der Waals surface area (Å²) in [7, 11) is 0. The number of carboxylic acids is 1. The highest BCUT2D eigenvalue weighted by molar-refractivity contribution is 9.11. The molecule has 0 radical (unpaired) electrons. The Morgan fingerprint density at radius 3 is 2.15 bits per heavy atom. The Balaban J connectivity index is 3.03. The van der Waals surface area contributed by atoms with Gasteiger partial charge in [0.2, 0.25) is 0 Å². The Labute approximate surface area is 135 Å². The van der Waals surface area contributed by atoms with Gasteiger partial charge in [0.05, 0.1) is 16.5 Å². The summed E-state index contributed by atoms with van der Waals surface area (Å²) in [4.78, 5) is 23.6. The average Bonchev–Trinajstić information content (AvgIpc) is 2.27. The summed E-state index contributed by atoms with van der Waals surface area (Å²) in [5.74, 6) is -1.28. The van der Waals surface area contributed by atoms with E-state index in [0.29, 0.717) is 10.0 Å². The molecule has 0 bridgehead atoms. The molecule has 20 heavy (non-hydrogen) atoms. The summed E-state index contributed by atoms with van der Waals surface area (Å²) >= 11 is 6.65. The van der Waals surface area contributed by atoms with E-state index in [2.05, 4.69) is 37.2 Å². The predicted octanol–water partition coefficient (Wildman–Crippen LogP) is 3.83. The van der Waals surface area contributed by atoms with Crippen LogP contribution in [0.1, 0.15) is 38.1 Å². The van der Waals surface area contributed by atoms with Gasteiger partial charge in [-0.25, -0.2) is 0 Å². The van der Waals surface area contributed by atoms with Crippen LogP contribution in [0.25, 0.3) is 0 Å². The van der Waals surface area contributed by atoms with Crippen molar-refractivity contribution < 1.29 is 14.7 Å². The summed E-state index contributed by atoms with van der Waals surface area (Å²) in [5.41, 5.74) is -1.53. The molecule has 0 aromatic heterocycles. The summed E-state index contributed by atoms with van der Waals surface area (Å²) in [6.07, 6.45) is 0. The number of carbonyl (C=O) groups excluding carboxylic acids is 1. The van der Waals surface area contributed by atoms with Crippen molar-refractivity contribution in [1.29, 1.82) is 0 Å². The van der Waals surface area contributed by atoms with Crippen molar-refractivity contribution in [3.63, 3.8) is 0 Å². The molecule has 0 aliphatic carbocycles. The monoisotopic (exact) mass is 405 g/mol. The van der Waals surface area contributed by atoms with Gasteiger partial charge in [-0.1, -0.05) is 15.9 Å². The van der Waals surface area contributed by atoms with Crippen LogP contribution in [0.15, 0.2) is 27.1 Å². The van der Waals surface area contributed by atoms with Crippen LogP contribution < -0.4 is 5.32 Å². The zero-order chi connectivity index (χ0) is 15.7. The molecule has 0 fully saturated rings. The van der Waals surface area contributed by atoms with E-state index in [1.165, 1.54) is 0 Å². The molecule has 1 aromatic rings. The molecule has 2 N–H and O–H groups in total. The second-order valence-electron chi connectivity index (χ2n) is 5.63. The predicted molar refractivity (Wildman–Crippen MR) is 84.8 cm³/mol. The fourth-order valence-corrected chi connectivity index (χ4v) is 2.68. The maximum atomic E-state index is 12.3. The quantitative estimate of drug-likeness (QED) is 0.798. The molecule has 0 unspecified atom stereocenters. The van der Waals surface area contributed by atoms with E-state index in [1.54, 1.807) is 45.9 Å². The van der Waals surface area contributed by atoms with Crippen LogP contribution in [0.2, 0.25) is 0 Å². The van der Waals surface area contributed by atoms with Gasteiger partial charge in [0, 0.05) is 8.95 Å². The smallest absolute Gasteiger partial charge is 0.311 e. The number of rotatable bonds is 4. The zero-order valence-electron chi connectivity index (χ0n) is 11.8. The Bertz CT molecular complexity index is 553. The normalized spacial score (nSPS) is 12.1. The first-order valence-corrected chi connectivity index (χ1v) is 7.58. The first-order valence-electron chi connectivity index (χ1n) is 6.00. The summed E-state index contributed by atoms with van der Waals surface area (Å²) in [5, 5.41) is 12.1. The molecule has 0 aliphatic rings. The number of carboxylic acid groups (broad SMARTS) is 1. The minimum Gasteiger partial charge on any atom is -0.481 e. The topological polar surface area (TPSA) is 66.4 Å². The molecule has 4 nitrogen and oxygen atoms in total. The number of hydrogen-bond donors (Lipinski definition) is 2. The molecule has 6 heteroatoms. The molecule has 0 saturated heterocycles. The second-order valence-corrected chi connectivity index (χ2v) is 7.40. The van der Waals surface area contributed by atoms with E-state index < -0.39 is 16.9 Å². The lowest BCUT2D eigenvalue weighted by molar-refractivity contribution is -0.150. The summed E-state index contributed by atoms with van der Waals surface area (Å²) in [6, 6.07) is 5.20. The van der Waals surface area contributed by atoms with E-state index in [1.807, 2.05) is 0 Å². The van der Waals surface area contributed by atoms with E-state index in [9.17, 15) is 14.7 Å². The van der Waals surface area contributed by atoms with Gasteiger partial charge in [0.1, 0.15) is 0 Å². The molecule has 1 aromatic carbocycles. The molecule has 0 spiro atoms. The van der Waals surface area contributed by atoms with E-state index >= 15 is 0 Å². The average molecular weight is 407 g/mol. The third-order valence-electron chi connectivity index (χ3n) is 3.70. The van der Waals surface area contributed by atoms with Gasteiger partial charge in [0.25, 0.3) is 5.91 Å². The molecule has 0 heterocycles. The highest BCUT2D eigenvalue weighted by Gasteiger charge is 2.44. The van der Waals surface area contributed by atoms with Crippen LogP contribution in [0, 0.1) is 5.41 Å².